The normalized spacial score (nSPS) is 18.1. The molecule has 0 spiro atoms. The number of methoxy groups -OCH3 is 1. The number of aromatic nitrogens is 5. The van der Waals surface area contributed by atoms with Gasteiger partial charge in [0.1, 0.15) is 5.82 Å². The van der Waals surface area contributed by atoms with Crippen LogP contribution in [-0.4, -0.2) is 63.3 Å². The molecular formula is C17H28N6O. The van der Waals surface area contributed by atoms with Crippen LogP contribution in [0, 0.1) is 0 Å². The highest BCUT2D eigenvalue weighted by Gasteiger charge is 2.25. The Kier molecular flexibility index (Phi) is 5.63. The third-order valence-corrected chi connectivity index (χ3v) is 4.73. The quantitative estimate of drug-likeness (QED) is 0.773. The zero-order valence-corrected chi connectivity index (χ0v) is 14.9. The van der Waals surface area contributed by atoms with Crippen LogP contribution in [0.2, 0.25) is 0 Å². The molecule has 7 heteroatoms. The van der Waals surface area contributed by atoms with Gasteiger partial charge >= 0.3 is 0 Å². The van der Waals surface area contributed by atoms with Crippen molar-refractivity contribution in [2.75, 3.05) is 33.9 Å². The maximum atomic E-state index is 5.19. The van der Waals surface area contributed by atoms with Crippen LogP contribution in [0.1, 0.15) is 43.4 Å². The van der Waals surface area contributed by atoms with Gasteiger partial charge in [-0.1, -0.05) is 6.92 Å². The molecule has 0 amide bonds. The Morgan fingerprint density at radius 3 is 2.79 bits per heavy atom. The van der Waals surface area contributed by atoms with Gasteiger partial charge in [0.15, 0.2) is 5.82 Å². The molecule has 0 bridgehead atoms. The molecule has 0 N–H and O–H groups in total. The fourth-order valence-electron chi connectivity index (χ4n) is 3.30. The smallest absolute Gasteiger partial charge is 0.153 e. The van der Waals surface area contributed by atoms with Crippen LogP contribution in [0.4, 0.5) is 0 Å². The van der Waals surface area contributed by atoms with Crippen molar-refractivity contribution in [2.45, 2.75) is 44.7 Å². The van der Waals surface area contributed by atoms with E-state index in [0.29, 0.717) is 12.6 Å². The lowest BCUT2D eigenvalue weighted by Crippen LogP contribution is -2.32. The van der Waals surface area contributed by atoms with Gasteiger partial charge in [-0.3, -0.25) is 4.68 Å². The van der Waals surface area contributed by atoms with Crippen molar-refractivity contribution in [3.63, 3.8) is 0 Å². The van der Waals surface area contributed by atoms with Crippen molar-refractivity contribution < 1.29 is 4.74 Å². The van der Waals surface area contributed by atoms with Gasteiger partial charge in [0.2, 0.25) is 0 Å². The van der Waals surface area contributed by atoms with Crippen LogP contribution >= 0.6 is 0 Å². The second-order valence-electron chi connectivity index (χ2n) is 6.74. The van der Waals surface area contributed by atoms with E-state index in [9.17, 15) is 0 Å². The molecule has 1 aliphatic heterocycles. The van der Waals surface area contributed by atoms with Crippen LogP contribution in [0.15, 0.2) is 18.5 Å². The molecule has 1 aliphatic rings. The zero-order chi connectivity index (χ0) is 16.9. The number of rotatable bonds is 7. The van der Waals surface area contributed by atoms with Gasteiger partial charge in [0, 0.05) is 31.8 Å². The average molecular weight is 332 g/mol. The first kappa shape index (κ1) is 17.1. The molecule has 2 aromatic rings. The predicted octanol–water partition coefficient (Wildman–Crippen LogP) is 1.73. The Labute approximate surface area is 143 Å². The molecule has 24 heavy (non-hydrogen) atoms. The Bertz CT molecular complexity index is 615. The van der Waals surface area contributed by atoms with Gasteiger partial charge in [0.05, 0.1) is 19.2 Å². The van der Waals surface area contributed by atoms with Crippen molar-refractivity contribution >= 4 is 0 Å². The Morgan fingerprint density at radius 1 is 1.33 bits per heavy atom. The molecule has 132 valence electrons. The molecule has 0 radical (unpaired) electrons. The standard InChI is InChI=1S/C17H28N6O/c1-14(13-22-9-4-8-18-22)17-19-16(7-12-24-3)20-23(17)15-5-10-21(2)11-6-15/h4,8-9,14-15H,5-7,10-13H2,1-3H3. The van der Waals surface area contributed by atoms with E-state index in [4.69, 9.17) is 14.8 Å². The van der Waals surface area contributed by atoms with E-state index in [1.807, 2.05) is 23.1 Å². The van der Waals surface area contributed by atoms with Gasteiger partial charge in [-0.25, -0.2) is 9.67 Å². The first-order chi connectivity index (χ1) is 11.7. The number of hydrogen-bond donors (Lipinski definition) is 0. The lowest BCUT2D eigenvalue weighted by molar-refractivity contribution is 0.198. The molecule has 0 aromatic carbocycles. The Hall–Kier alpha value is -1.73. The van der Waals surface area contributed by atoms with Gasteiger partial charge in [-0.2, -0.15) is 10.2 Å². The summed E-state index contributed by atoms with van der Waals surface area (Å²) in [5.74, 6) is 2.23. The van der Waals surface area contributed by atoms with E-state index in [1.54, 1.807) is 7.11 Å². The summed E-state index contributed by atoms with van der Waals surface area (Å²) in [5, 5.41) is 9.15. The minimum Gasteiger partial charge on any atom is -0.384 e. The van der Waals surface area contributed by atoms with Crippen LogP contribution in [0.5, 0.6) is 0 Å². The lowest BCUT2D eigenvalue weighted by atomic mass is 10.0. The van der Waals surface area contributed by atoms with Crippen molar-refractivity contribution in [2.24, 2.45) is 0 Å². The van der Waals surface area contributed by atoms with E-state index >= 15 is 0 Å². The van der Waals surface area contributed by atoms with E-state index in [2.05, 4.69) is 28.7 Å². The summed E-state index contributed by atoms with van der Waals surface area (Å²) in [6.45, 7) is 5.92. The summed E-state index contributed by atoms with van der Waals surface area (Å²) in [5.41, 5.74) is 0. The van der Waals surface area contributed by atoms with Gasteiger partial charge in [0.25, 0.3) is 0 Å². The molecule has 1 atom stereocenters. The van der Waals surface area contributed by atoms with Crippen molar-refractivity contribution in [3.05, 3.63) is 30.1 Å². The maximum Gasteiger partial charge on any atom is 0.153 e. The molecule has 1 unspecified atom stereocenters. The lowest BCUT2D eigenvalue weighted by Gasteiger charge is -2.30. The summed E-state index contributed by atoms with van der Waals surface area (Å²) in [6, 6.07) is 2.40. The van der Waals surface area contributed by atoms with Crippen molar-refractivity contribution in [1.82, 2.24) is 29.4 Å². The third kappa shape index (κ3) is 4.02. The summed E-state index contributed by atoms with van der Waals surface area (Å²) in [7, 11) is 3.90. The van der Waals surface area contributed by atoms with E-state index in [1.165, 1.54) is 0 Å². The summed E-state index contributed by atoms with van der Waals surface area (Å²) >= 11 is 0. The molecule has 1 saturated heterocycles. The van der Waals surface area contributed by atoms with Crippen molar-refractivity contribution in [3.8, 4) is 0 Å². The van der Waals surface area contributed by atoms with Gasteiger partial charge in [-0.15, -0.1) is 0 Å². The van der Waals surface area contributed by atoms with Crippen LogP contribution < -0.4 is 0 Å². The van der Waals surface area contributed by atoms with E-state index in [0.717, 1.165) is 50.5 Å². The highest BCUT2D eigenvalue weighted by molar-refractivity contribution is 5.02. The minimum absolute atomic E-state index is 0.272. The Balaban J connectivity index is 1.80. The third-order valence-electron chi connectivity index (χ3n) is 4.73. The van der Waals surface area contributed by atoms with E-state index < -0.39 is 0 Å². The van der Waals surface area contributed by atoms with Gasteiger partial charge < -0.3 is 9.64 Å². The fraction of sp³-hybridized carbons (Fsp3) is 0.706. The summed E-state index contributed by atoms with van der Waals surface area (Å²) < 4.78 is 9.34. The Morgan fingerprint density at radius 2 is 2.12 bits per heavy atom. The SMILES string of the molecule is COCCc1nc(C(C)Cn2cccn2)n(C2CCN(C)CC2)n1. The second-order valence-corrected chi connectivity index (χ2v) is 6.74. The maximum absolute atomic E-state index is 5.19. The molecule has 2 aromatic heterocycles. The minimum atomic E-state index is 0.272. The number of ether oxygens (including phenoxy) is 1. The van der Waals surface area contributed by atoms with Crippen LogP contribution in [0.3, 0.4) is 0 Å². The first-order valence-electron chi connectivity index (χ1n) is 8.77. The topological polar surface area (TPSA) is 61.0 Å². The number of likely N-dealkylation sites (tertiary alicyclic amines) is 1. The second kappa shape index (κ2) is 7.90. The zero-order valence-electron chi connectivity index (χ0n) is 14.9. The molecule has 1 fully saturated rings. The fourth-order valence-corrected chi connectivity index (χ4v) is 3.30. The van der Waals surface area contributed by atoms with E-state index in [-0.39, 0.29) is 5.92 Å². The predicted molar refractivity (Wildman–Crippen MR) is 92.0 cm³/mol. The van der Waals surface area contributed by atoms with Crippen LogP contribution in [0.25, 0.3) is 0 Å². The monoisotopic (exact) mass is 332 g/mol. The molecule has 3 rings (SSSR count). The highest BCUT2D eigenvalue weighted by Crippen LogP contribution is 2.26. The molecule has 0 aliphatic carbocycles. The largest absolute Gasteiger partial charge is 0.384 e. The molecule has 3 heterocycles. The van der Waals surface area contributed by atoms with Crippen LogP contribution in [-0.2, 0) is 17.7 Å². The summed E-state index contributed by atoms with van der Waals surface area (Å²) in [6.07, 6.45) is 6.84. The number of hydrogen-bond acceptors (Lipinski definition) is 5. The van der Waals surface area contributed by atoms with Crippen molar-refractivity contribution in [1.29, 1.82) is 0 Å². The molecular weight excluding hydrogens is 304 g/mol. The number of nitrogens with zero attached hydrogens (tertiary/aromatic N) is 6. The number of piperidine rings is 1. The molecule has 0 saturated carbocycles. The van der Waals surface area contributed by atoms with Gasteiger partial charge in [-0.05, 0) is 39.0 Å². The molecule has 7 nitrogen and oxygen atoms in total. The average Bonchev–Trinajstić information content (AvgIpc) is 3.23. The first-order valence-corrected chi connectivity index (χ1v) is 8.77. The highest BCUT2D eigenvalue weighted by atomic mass is 16.5. The summed E-state index contributed by atoms with van der Waals surface area (Å²) in [4.78, 5) is 7.22.